The SMILES string of the molecule is CC(C)(C)c1ccc(CC(C)(C)c2ccncn2)nn1. The molecule has 0 aromatic carbocycles. The molecule has 0 aliphatic rings. The third kappa shape index (κ3) is 3.38. The van der Waals surface area contributed by atoms with Crippen molar-refractivity contribution in [1.29, 1.82) is 0 Å². The number of nitrogens with zero attached hydrogens (tertiary/aromatic N) is 4. The average molecular weight is 270 g/mol. The van der Waals surface area contributed by atoms with Gasteiger partial charge in [0.1, 0.15) is 6.33 Å². The molecule has 0 amide bonds. The molecule has 0 saturated carbocycles. The number of aromatic nitrogens is 4. The van der Waals surface area contributed by atoms with Gasteiger partial charge in [0.05, 0.1) is 11.4 Å². The maximum Gasteiger partial charge on any atom is 0.115 e. The van der Waals surface area contributed by atoms with Crippen molar-refractivity contribution in [3.63, 3.8) is 0 Å². The van der Waals surface area contributed by atoms with E-state index in [-0.39, 0.29) is 10.8 Å². The topological polar surface area (TPSA) is 51.6 Å². The lowest BCUT2D eigenvalue weighted by Gasteiger charge is -2.23. The summed E-state index contributed by atoms with van der Waals surface area (Å²) in [5, 5.41) is 8.71. The van der Waals surface area contributed by atoms with E-state index in [2.05, 4.69) is 66.9 Å². The Labute approximate surface area is 120 Å². The van der Waals surface area contributed by atoms with Gasteiger partial charge in [-0.05, 0) is 18.2 Å². The van der Waals surface area contributed by atoms with E-state index in [0.717, 1.165) is 23.5 Å². The van der Waals surface area contributed by atoms with Crippen molar-refractivity contribution in [2.75, 3.05) is 0 Å². The summed E-state index contributed by atoms with van der Waals surface area (Å²) in [5.74, 6) is 0. The first-order chi connectivity index (χ1) is 9.29. The van der Waals surface area contributed by atoms with E-state index in [1.165, 1.54) is 0 Å². The lowest BCUT2D eigenvalue weighted by Crippen LogP contribution is -2.23. The summed E-state index contributed by atoms with van der Waals surface area (Å²) in [6.07, 6.45) is 4.17. The van der Waals surface area contributed by atoms with Crippen LogP contribution in [0.4, 0.5) is 0 Å². The minimum absolute atomic E-state index is 0.0354. The van der Waals surface area contributed by atoms with Gasteiger partial charge in [0.2, 0.25) is 0 Å². The van der Waals surface area contributed by atoms with Gasteiger partial charge >= 0.3 is 0 Å². The van der Waals surface area contributed by atoms with Crippen LogP contribution in [0.15, 0.2) is 30.7 Å². The lowest BCUT2D eigenvalue weighted by molar-refractivity contribution is 0.490. The zero-order valence-corrected chi connectivity index (χ0v) is 12.9. The fourth-order valence-corrected chi connectivity index (χ4v) is 2.09. The third-order valence-electron chi connectivity index (χ3n) is 3.39. The molecule has 0 spiro atoms. The third-order valence-corrected chi connectivity index (χ3v) is 3.39. The summed E-state index contributed by atoms with van der Waals surface area (Å²) in [6, 6.07) is 6.09. The van der Waals surface area contributed by atoms with Crippen LogP contribution in [0.2, 0.25) is 0 Å². The highest BCUT2D eigenvalue weighted by Crippen LogP contribution is 2.25. The van der Waals surface area contributed by atoms with Gasteiger partial charge in [-0.2, -0.15) is 10.2 Å². The van der Waals surface area contributed by atoms with Crippen LogP contribution in [0.3, 0.4) is 0 Å². The van der Waals surface area contributed by atoms with Crippen LogP contribution in [-0.4, -0.2) is 20.2 Å². The Morgan fingerprint density at radius 2 is 1.65 bits per heavy atom. The first kappa shape index (κ1) is 14.6. The molecule has 0 aliphatic heterocycles. The molecule has 0 aliphatic carbocycles. The van der Waals surface area contributed by atoms with Crippen molar-refractivity contribution in [1.82, 2.24) is 20.2 Å². The maximum atomic E-state index is 4.36. The number of hydrogen-bond donors (Lipinski definition) is 0. The lowest BCUT2D eigenvalue weighted by atomic mass is 9.84. The van der Waals surface area contributed by atoms with E-state index in [9.17, 15) is 0 Å². The van der Waals surface area contributed by atoms with E-state index in [0.29, 0.717) is 0 Å². The molecule has 0 N–H and O–H groups in total. The normalized spacial score (nSPS) is 12.4. The Kier molecular flexibility index (Phi) is 3.84. The van der Waals surface area contributed by atoms with E-state index in [4.69, 9.17) is 0 Å². The van der Waals surface area contributed by atoms with Crippen LogP contribution in [0.25, 0.3) is 0 Å². The maximum absolute atomic E-state index is 4.36. The van der Waals surface area contributed by atoms with Gasteiger partial charge in [-0.15, -0.1) is 0 Å². The van der Waals surface area contributed by atoms with Crippen LogP contribution < -0.4 is 0 Å². The summed E-state index contributed by atoms with van der Waals surface area (Å²) in [6.45, 7) is 10.7. The Bertz CT molecular complexity index is 553. The van der Waals surface area contributed by atoms with Crippen molar-refractivity contribution < 1.29 is 0 Å². The fourth-order valence-electron chi connectivity index (χ4n) is 2.09. The van der Waals surface area contributed by atoms with Crippen molar-refractivity contribution in [3.05, 3.63) is 47.8 Å². The Hall–Kier alpha value is -1.84. The second-order valence-corrected chi connectivity index (χ2v) is 6.82. The van der Waals surface area contributed by atoms with E-state index >= 15 is 0 Å². The Balaban J connectivity index is 2.18. The smallest absolute Gasteiger partial charge is 0.115 e. The minimum atomic E-state index is -0.0825. The molecule has 0 unspecified atom stereocenters. The van der Waals surface area contributed by atoms with Gasteiger partial charge in [-0.3, -0.25) is 0 Å². The van der Waals surface area contributed by atoms with Gasteiger partial charge in [0, 0.05) is 29.1 Å². The first-order valence-electron chi connectivity index (χ1n) is 6.89. The molecule has 0 fully saturated rings. The highest BCUT2D eigenvalue weighted by molar-refractivity contribution is 5.19. The predicted molar refractivity (Wildman–Crippen MR) is 79.5 cm³/mol. The monoisotopic (exact) mass is 270 g/mol. The molecule has 0 atom stereocenters. The molecule has 0 bridgehead atoms. The minimum Gasteiger partial charge on any atom is -0.245 e. The molecule has 20 heavy (non-hydrogen) atoms. The summed E-state index contributed by atoms with van der Waals surface area (Å²) < 4.78 is 0. The highest BCUT2D eigenvalue weighted by atomic mass is 15.1. The molecule has 106 valence electrons. The second kappa shape index (κ2) is 5.27. The molecule has 4 heteroatoms. The van der Waals surface area contributed by atoms with Crippen molar-refractivity contribution in [2.24, 2.45) is 0 Å². The van der Waals surface area contributed by atoms with Gasteiger partial charge < -0.3 is 0 Å². The van der Waals surface area contributed by atoms with Gasteiger partial charge in [0.15, 0.2) is 0 Å². The summed E-state index contributed by atoms with van der Waals surface area (Å²) in [4.78, 5) is 8.31. The summed E-state index contributed by atoms with van der Waals surface area (Å²) in [5.41, 5.74) is 2.98. The largest absolute Gasteiger partial charge is 0.245 e. The van der Waals surface area contributed by atoms with Crippen LogP contribution >= 0.6 is 0 Å². The highest BCUT2D eigenvalue weighted by Gasteiger charge is 2.24. The van der Waals surface area contributed by atoms with Crippen molar-refractivity contribution >= 4 is 0 Å². The van der Waals surface area contributed by atoms with Gasteiger partial charge in [-0.1, -0.05) is 34.6 Å². The second-order valence-electron chi connectivity index (χ2n) is 6.82. The van der Waals surface area contributed by atoms with Crippen molar-refractivity contribution in [2.45, 2.75) is 51.9 Å². The van der Waals surface area contributed by atoms with E-state index in [1.54, 1.807) is 12.5 Å². The standard InChI is InChI=1S/C16H22N4/c1-15(2,3)13-7-6-12(19-20-13)10-16(4,5)14-8-9-17-11-18-14/h6-9,11H,10H2,1-5H3. The molecule has 0 radical (unpaired) electrons. The summed E-state index contributed by atoms with van der Waals surface area (Å²) in [7, 11) is 0. The molecule has 2 aromatic heterocycles. The Morgan fingerprint density at radius 3 is 2.15 bits per heavy atom. The van der Waals surface area contributed by atoms with E-state index < -0.39 is 0 Å². The number of hydrogen-bond acceptors (Lipinski definition) is 4. The van der Waals surface area contributed by atoms with Crippen LogP contribution in [0, 0.1) is 0 Å². The molecular formula is C16H22N4. The van der Waals surface area contributed by atoms with E-state index in [1.807, 2.05) is 6.07 Å². The quantitative estimate of drug-likeness (QED) is 0.860. The van der Waals surface area contributed by atoms with Gasteiger partial charge in [0.25, 0.3) is 0 Å². The molecule has 2 heterocycles. The zero-order chi connectivity index (χ0) is 14.8. The van der Waals surface area contributed by atoms with Crippen LogP contribution in [0.5, 0.6) is 0 Å². The molecule has 2 rings (SSSR count). The fraction of sp³-hybridized carbons (Fsp3) is 0.500. The predicted octanol–water partition coefficient (Wildman–Crippen LogP) is 3.08. The average Bonchev–Trinajstić information content (AvgIpc) is 2.39. The molecule has 4 nitrogen and oxygen atoms in total. The van der Waals surface area contributed by atoms with Gasteiger partial charge in [-0.25, -0.2) is 9.97 Å². The number of rotatable bonds is 3. The molecular weight excluding hydrogens is 248 g/mol. The van der Waals surface area contributed by atoms with Crippen LogP contribution in [0.1, 0.15) is 51.7 Å². The Morgan fingerprint density at radius 1 is 0.900 bits per heavy atom. The van der Waals surface area contributed by atoms with Crippen molar-refractivity contribution in [3.8, 4) is 0 Å². The summed E-state index contributed by atoms with van der Waals surface area (Å²) >= 11 is 0. The van der Waals surface area contributed by atoms with Crippen LogP contribution in [-0.2, 0) is 17.3 Å². The molecule has 2 aromatic rings. The first-order valence-corrected chi connectivity index (χ1v) is 6.89. The zero-order valence-electron chi connectivity index (χ0n) is 12.9. The molecule has 0 saturated heterocycles.